The molecule has 1 fully saturated rings. The number of rotatable bonds is 7. The minimum atomic E-state index is -1.13. The quantitative estimate of drug-likeness (QED) is 0.257. The van der Waals surface area contributed by atoms with Gasteiger partial charge in [0.25, 0.3) is 5.91 Å². The summed E-state index contributed by atoms with van der Waals surface area (Å²) in [6.45, 7) is 19.0. The lowest BCUT2D eigenvalue weighted by atomic mass is 9.84. The number of ether oxygens (including phenoxy) is 2. The molecule has 9 nitrogen and oxygen atoms in total. The summed E-state index contributed by atoms with van der Waals surface area (Å²) in [5, 5.41) is 12.8. The molecule has 50 heavy (non-hydrogen) atoms. The van der Waals surface area contributed by atoms with Gasteiger partial charge in [-0.3, -0.25) is 4.79 Å². The fraction of sp³-hybridized carbons (Fsp3) is 0.390. The Morgan fingerprint density at radius 3 is 2.34 bits per heavy atom. The molecule has 0 saturated carbocycles. The molecule has 1 saturated heterocycles. The SMILES string of the molecule is CCN1c2cc3c(cc2C(C)=CC1(C)C)C(c1ccc(OCC(=O)ON2C(=O)CCC2O)cc1)=c1cc2c(cc1O3)=[N+](CC)C(C)(C)C=C2C. The van der Waals surface area contributed by atoms with Crippen molar-refractivity contribution in [2.75, 3.05) is 24.6 Å². The third-order valence-corrected chi connectivity index (χ3v) is 10.4. The Morgan fingerprint density at radius 2 is 1.68 bits per heavy atom. The maximum Gasteiger partial charge on any atom is 0.369 e. The predicted octanol–water partition coefficient (Wildman–Crippen LogP) is 5.55. The number of likely N-dealkylation sites (N-methyl/N-ethyl adjacent to an activating group) is 2. The Morgan fingerprint density at radius 1 is 0.960 bits per heavy atom. The van der Waals surface area contributed by atoms with Crippen LogP contribution >= 0.6 is 0 Å². The van der Waals surface area contributed by atoms with E-state index in [-0.39, 0.29) is 23.9 Å². The Bertz CT molecular complexity index is 2130. The maximum absolute atomic E-state index is 12.4. The summed E-state index contributed by atoms with van der Waals surface area (Å²) < 4.78 is 15.0. The van der Waals surface area contributed by atoms with Gasteiger partial charge in [0.1, 0.15) is 23.8 Å². The zero-order valence-electron chi connectivity index (χ0n) is 30.2. The highest BCUT2D eigenvalue weighted by Gasteiger charge is 2.36. The van der Waals surface area contributed by atoms with Crippen molar-refractivity contribution in [3.8, 4) is 17.2 Å². The van der Waals surface area contributed by atoms with Crippen molar-refractivity contribution in [1.82, 2.24) is 9.64 Å². The Kier molecular flexibility index (Phi) is 8.17. The topological polar surface area (TPSA) is 91.6 Å². The third-order valence-electron chi connectivity index (χ3n) is 10.4. The van der Waals surface area contributed by atoms with Crippen LogP contribution in [0.1, 0.15) is 90.5 Å². The van der Waals surface area contributed by atoms with Gasteiger partial charge in [-0.1, -0.05) is 18.2 Å². The van der Waals surface area contributed by atoms with Crippen molar-refractivity contribution >= 4 is 34.3 Å². The molecule has 4 heterocycles. The number of aliphatic hydroxyl groups is 1. The number of hydrogen-bond donors (Lipinski definition) is 1. The largest absolute Gasteiger partial charge is 0.482 e. The molecule has 9 heteroatoms. The van der Waals surface area contributed by atoms with E-state index in [2.05, 4.69) is 101 Å². The lowest BCUT2D eigenvalue weighted by Gasteiger charge is -2.43. The van der Waals surface area contributed by atoms with E-state index in [4.69, 9.17) is 14.3 Å². The van der Waals surface area contributed by atoms with Crippen molar-refractivity contribution in [3.05, 3.63) is 93.5 Å². The number of aliphatic hydroxyl groups excluding tert-OH is 1. The summed E-state index contributed by atoms with van der Waals surface area (Å²) in [7, 11) is 0. The number of benzene rings is 3. The van der Waals surface area contributed by atoms with Crippen molar-refractivity contribution < 1.29 is 29.0 Å². The van der Waals surface area contributed by atoms with E-state index in [1.807, 2.05) is 24.3 Å². The Balaban J connectivity index is 1.34. The minimum Gasteiger partial charge on any atom is -0.482 e. The van der Waals surface area contributed by atoms with E-state index in [1.165, 1.54) is 22.3 Å². The number of hydroxylamine groups is 2. The van der Waals surface area contributed by atoms with Gasteiger partial charge in [-0.25, -0.2) is 9.37 Å². The van der Waals surface area contributed by atoms with Gasteiger partial charge in [0.2, 0.25) is 5.36 Å². The first-order valence-electron chi connectivity index (χ1n) is 17.5. The molecule has 1 amide bonds. The molecule has 0 aliphatic carbocycles. The zero-order valence-corrected chi connectivity index (χ0v) is 30.2. The molecular formula is C41H46N3O6+. The molecule has 0 spiro atoms. The molecule has 4 aliphatic heterocycles. The van der Waals surface area contributed by atoms with Crippen LogP contribution in [0.25, 0.3) is 16.7 Å². The lowest BCUT2D eigenvalue weighted by molar-refractivity contribution is -0.221. The highest BCUT2D eigenvalue weighted by Crippen LogP contribution is 2.46. The van der Waals surface area contributed by atoms with E-state index in [1.54, 1.807) is 0 Å². The smallest absolute Gasteiger partial charge is 0.369 e. The average Bonchev–Trinajstić information content (AvgIpc) is 3.37. The number of fused-ring (bicyclic) bond motifs is 4. The number of anilines is 1. The molecule has 1 unspecified atom stereocenters. The van der Waals surface area contributed by atoms with E-state index < -0.39 is 24.7 Å². The zero-order chi connectivity index (χ0) is 35.7. The monoisotopic (exact) mass is 676 g/mol. The first-order valence-corrected chi connectivity index (χ1v) is 17.5. The molecule has 3 aromatic carbocycles. The van der Waals surface area contributed by atoms with Crippen LogP contribution in [0.3, 0.4) is 0 Å². The molecule has 0 bridgehead atoms. The number of hydrogen-bond acceptors (Lipinski definition) is 7. The predicted molar refractivity (Wildman–Crippen MR) is 194 cm³/mol. The number of carbonyl (C=O) groups excluding carboxylic acids is 2. The summed E-state index contributed by atoms with van der Waals surface area (Å²) in [6, 6.07) is 16.6. The van der Waals surface area contributed by atoms with Crippen molar-refractivity contribution in [3.63, 3.8) is 0 Å². The Labute approximate surface area is 293 Å². The van der Waals surface area contributed by atoms with Gasteiger partial charge in [0.05, 0.1) is 11.6 Å². The summed E-state index contributed by atoms with van der Waals surface area (Å²) in [5.41, 5.74) is 8.75. The highest BCUT2D eigenvalue weighted by atomic mass is 16.7. The maximum atomic E-state index is 12.4. The second-order valence-corrected chi connectivity index (χ2v) is 14.7. The molecule has 7 rings (SSSR count). The van der Waals surface area contributed by atoms with E-state index >= 15 is 0 Å². The van der Waals surface area contributed by atoms with E-state index in [0.717, 1.165) is 62.6 Å². The fourth-order valence-electron chi connectivity index (χ4n) is 8.25. The van der Waals surface area contributed by atoms with Gasteiger partial charge in [0.15, 0.2) is 18.4 Å². The van der Waals surface area contributed by atoms with Gasteiger partial charge >= 0.3 is 5.97 Å². The van der Waals surface area contributed by atoms with Crippen LogP contribution in [0.2, 0.25) is 0 Å². The van der Waals surface area contributed by atoms with Crippen LogP contribution in [0.15, 0.2) is 60.7 Å². The van der Waals surface area contributed by atoms with Crippen LogP contribution in [-0.4, -0.2) is 59.0 Å². The first-order chi connectivity index (χ1) is 23.7. The highest BCUT2D eigenvalue weighted by molar-refractivity contribution is 5.92. The van der Waals surface area contributed by atoms with E-state index in [0.29, 0.717) is 5.75 Å². The average molecular weight is 677 g/mol. The number of nitrogens with zero attached hydrogens (tertiary/aromatic N) is 3. The third kappa shape index (κ3) is 5.57. The molecule has 0 radical (unpaired) electrons. The molecule has 1 atom stereocenters. The number of allylic oxidation sites excluding steroid dienone is 2. The van der Waals surface area contributed by atoms with Crippen LogP contribution in [0.5, 0.6) is 17.2 Å². The van der Waals surface area contributed by atoms with Gasteiger partial charge in [-0.15, -0.1) is 5.06 Å². The molecule has 260 valence electrons. The van der Waals surface area contributed by atoms with Gasteiger partial charge in [-0.05, 0) is 88.6 Å². The van der Waals surface area contributed by atoms with Crippen molar-refractivity contribution in [2.45, 2.75) is 85.5 Å². The van der Waals surface area contributed by atoms with Crippen LogP contribution < -0.4 is 29.5 Å². The molecule has 4 aliphatic rings. The van der Waals surface area contributed by atoms with E-state index in [9.17, 15) is 14.7 Å². The van der Waals surface area contributed by atoms with Gasteiger partial charge < -0.3 is 24.3 Å². The van der Waals surface area contributed by atoms with Crippen molar-refractivity contribution in [2.24, 2.45) is 0 Å². The molecular weight excluding hydrogens is 630 g/mol. The minimum absolute atomic E-state index is 0.133. The van der Waals surface area contributed by atoms with Gasteiger partial charge in [0, 0.05) is 72.5 Å². The van der Waals surface area contributed by atoms with Crippen LogP contribution in [0.4, 0.5) is 5.69 Å². The molecule has 3 aromatic rings. The number of amides is 1. The van der Waals surface area contributed by atoms with Crippen molar-refractivity contribution in [1.29, 1.82) is 0 Å². The van der Waals surface area contributed by atoms with Crippen LogP contribution in [-0.2, 0) is 14.4 Å². The first kappa shape index (κ1) is 33.6. The second kappa shape index (κ2) is 12.2. The van der Waals surface area contributed by atoms with Crippen LogP contribution in [0, 0.1) is 0 Å². The summed E-state index contributed by atoms with van der Waals surface area (Å²) in [5.74, 6) is 0.895. The molecule has 1 N–H and O–H groups in total. The summed E-state index contributed by atoms with van der Waals surface area (Å²) in [4.78, 5) is 31.8. The summed E-state index contributed by atoms with van der Waals surface area (Å²) in [6.07, 6.45) is 3.91. The van der Waals surface area contributed by atoms with Gasteiger partial charge in [-0.2, -0.15) is 0 Å². The summed E-state index contributed by atoms with van der Waals surface area (Å²) >= 11 is 0. The lowest BCUT2D eigenvalue weighted by Crippen LogP contribution is -2.49. The fourth-order valence-corrected chi connectivity index (χ4v) is 8.25. The second-order valence-electron chi connectivity index (χ2n) is 14.7. The number of carbonyl (C=O) groups is 2. The normalized spacial score (nSPS) is 19.9. The Hall–Kier alpha value is -4.89. The molecule has 0 aromatic heterocycles. The standard InChI is InChI=1S/C41H46N3O6/c1-9-42-32-19-34-30(17-28(32)24(3)21-40(42,5)6)39(31-18-29-25(4)22-41(7,8)43(10-2)33(29)20-35(31)49-34)26-11-13-27(14-12-26)48-23-38(47)50-44-36(45)15-16-37(44)46/h11-14,17-22,36,45H,9-10,15-16,23H2,1-8H3/q+1.